The molecule has 0 aromatic heterocycles. The topological polar surface area (TPSA) is 23.5 Å². The molecule has 1 saturated heterocycles. The Morgan fingerprint density at radius 3 is 2.50 bits per heavy atom. The molecule has 1 aromatic carbocycles. The number of halogens is 2. The van der Waals surface area contributed by atoms with Crippen LogP contribution < -0.4 is 0 Å². The van der Waals surface area contributed by atoms with Crippen LogP contribution in [-0.2, 0) is 6.42 Å². The van der Waals surface area contributed by atoms with Crippen LogP contribution in [-0.4, -0.2) is 35.2 Å². The average molecular weight is 255 g/mol. The van der Waals surface area contributed by atoms with Gasteiger partial charge in [0.15, 0.2) is 0 Å². The molecule has 2 nitrogen and oxygen atoms in total. The molecular formula is C14H19F2NO. The van der Waals surface area contributed by atoms with Gasteiger partial charge in [0.05, 0.1) is 5.60 Å². The van der Waals surface area contributed by atoms with Crippen LogP contribution in [0, 0.1) is 11.6 Å². The SMILES string of the molecule is CCN1CCC(O)(Cc2ccc(F)cc2F)CC1. The van der Waals surface area contributed by atoms with E-state index in [2.05, 4.69) is 11.8 Å². The second kappa shape index (κ2) is 5.33. The lowest BCUT2D eigenvalue weighted by Crippen LogP contribution is -2.45. The Kier molecular flexibility index (Phi) is 3.97. The maximum Gasteiger partial charge on any atom is 0.129 e. The van der Waals surface area contributed by atoms with Gasteiger partial charge in [-0.05, 0) is 31.0 Å². The monoisotopic (exact) mass is 255 g/mol. The summed E-state index contributed by atoms with van der Waals surface area (Å²) >= 11 is 0. The molecule has 0 radical (unpaired) electrons. The van der Waals surface area contributed by atoms with Crippen molar-refractivity contribution in [2.45, 2.75) is 31.8 Å². The van der Waals surface area contributed by atoms with E-state index in [1.54, 1.807) is 0 Å². The van der Waals surface area contributed by atoms with Crippen molar-refractivity contribution in [3.63, 3.8) is 0 Å². The molecule has 1 aliphatic heterocycles. The molecule has 2 rings (SSSR count). The van der Waals surface area contributed by atoms with E-state index in [-0.39, 0.29) is 6.42 Å². The molecule has 0 atom stereocenters. The number of rotatable bonds is 3. The molecule has 1 fully saturated rings. The summed E-state index contributed by atoms with van der Waals surface area (Å²) in [7, 11) is 0. The van der Waals surface area contributed by atoms with E-state index in [0.717, 1.165) is 25.7 Å². The first-order chi connectivity index (χ1) is 8.52. The molecule has 1 aromatic rings. The van der Waals surface area contributed by atoms with E-state index in [4.69, 9.17) is 0 Å². The fourth-order valence-electron chi connectivity index (χ4n) is 2.48. The number of hydrogen-bond acceptors (Lipinski definition) is 2. The smallest absolute Gasteiger partial charge is 0.129 e. The summed E-state index contributed by atoms with van der Waals surface area (Å²) < 4.78 is 26.4. The minimum Gasteiger partial charge on any atom is -0.389 e. The zero-order valence-corrected chi connectivity index (χ0v) is 10.6. The molecule has 1 heterocycles. The fraction of sp³-hybridized carbons (Fsp3) is 0.571. The molecule has 4 heteroatoms. The predicted molar refractivity (Wildman–Crippen MR) is 66.4 cm³/mol. The summed E-state index contributed by atoms with van der Waals surface area (Å²) in [4.78, 5) is 2.26. The van der Waals surface area contributed by atoms with E-state index in [9.17, 15) is 13.9 Å². The van der Waals surface area contributed by atoms with E-state index in [1.807, 2.05) is 0 Å². The van der Waals surface area contributed by atoms with E-state index in [1.165, 1.54) is 12.1 Å². The first-order valence-electron chi connectivity index (χ1n) is 6.41. The molecule has 0 bridgehead atoms. The van der Waals surface area contributed by atoms with Gasteiger partial charge in [-0.15, -0.1) is 0 Å². The zero-order valence-electron chi connectivity index (χ0n) is 10.6. The highest BCUT2D eigenvalue weighted by atomic mass is 19.1. The van der Waals surface area contributed by atoms with Crippen LogP contribution in [0.25, 0.3) is 0 Å². The Morgan fingerprint density at radius 2 is 1.94 bits per heavy atom. The molecule has 0 amide bonds. The fourth-order valence-corrected chi connectivity index (χ4v) is 2.48. The lowest BCUT2D eigenvalue weighted by molar-refractivity contribution is -0.0199. The molecular weight excluding hydrogens is 236 g/mol. The van der Waals surface area contributed by atoms with Crippen molar-refractivity contribution in [3.05, 3.63) is 35.4 Å². The number of piperidine rings is 1. The Hall–Kier alpha value is -1.00. The molecule has 100 valence electrons. The summed E-state index contributed by atoms with van der Waals surface area (Å²) in [5, 5.41) is 10.4. The summed E-state index contributed by atoms with van der Waals surface area (Å²) in [6.45, 7) is 4.72. The average Bonchev–Trinajstić information content (AvgIpc) is 2.34. The highest BCUT2D eigenvalue weighted by Crippen LogP contribution is 2.27. The van der Waals surface area contributed by atoms with Crippen molar-refractivity contribution >= 4 is 0 Å². The second-order valence-corrected chi connectivity index (χ2v) is 5.07. The molecule has 1 N–H and O–H groups in total. The molecule has 0 unspecified atom stereocenters. The lowest BCUT2D eigenvalue weighted by Gasteiger charge is -2.38. The highest BCUT2D eigenvalue weighted by Gasteiger charge is 2.32. The number of likely N-dealkylation sites (tertiary alicyclic amines) is 1. The Labute approximate surface area is 106 Å². The van der Waals surface area contributed by atoms with Gasteiger partial charge < -0.3 is 10.0 Å². The van der Waals surface area contributed by atoms with Gasteiger partial charge in [0.2, 0.25) is 0 Å². The second-order valence-electron chi connectivity index (χ2n) is 5.07. The molecule has 1 aliphatic rings. The number of hydrogen-bond donors (Lipinski definition) is 1. The van der Waals surface area contributed by atoms with Gasteiger partial charge in [-0.25, -0.2) is 8.78 Å². The number of benzene rings is 1. The van der Waals surface area contributed by atoms with Crippen molar-refractivity contribution in [3.8, 4) is 0 Å². The van der Waals surface area contributed by atoms with Gasteiger partial charge in [0.25, 0.3) is 0 Å². The van der Waals surface area contributed by atoms with Crippen LogP contribution >= 0.6 is 0 Å². The van der Waals surface area contributed by atoms with E-state index in [0.29, 0.717) is 18.4 Å². The van der Waals surface area contributed by atoms with Gasteiger partial charge in [-0.1, -0.05) is 13.0 Å². The maximum absolute atomic E-state index is 13.6. The third kappa shape index (κ3) is 3.06. The van der Waals surface area contributed by atoms with Crippen molar-refractivity contribution in [2.24, 2.45) is 0 Å². The largest absolute Gasteiger partial charge is 0.389 e. The number of nitrogens with zero attached hydrogens (tertiary/aromatic N) is 1. The first-order valence-corrected chi connectivity index (χ1v) is 6.41. The Balaban J connectivity index is 2.04. The Morgan fingerprint density at radius 1 is 1.28 bits per heavy atom. The van der Waals surface area contributed by atoms with Gasteiger partial charge in [0, 0.05) is 25.6 Å². The van der Waals surface area contributed by atoms with Gasteiger partial charge in [0.1, 0.15) is 11.6 Å². The standard InChI is InChI=1S/C14H19F2NO/c1-2-17-7-5-14(18,6-8-17)10-11-3-4-12(15)9-13(11)16/h3-4,9,18H,2,5-8,10H2,1H3. The van der Waals surface area contributed by atoms with E-state index >= 15 is 0 Å². The van der Waals surface area contributed by atoms with Crippen molar-refractivity contribution < 1.29 is 13.9 Å². The summed E-state index contributed by atoms with van der Waals surface area (Å²) in [6.07, 6.45) is 1.53. The highest BCUT2D eigenvalue weighted by molar-refractivity contribution is 5.20. The van der Waals surface area contributed by atoms with Crippen molar-refractivity contribution in [1.82, 2.24) is 4.90 Å². The molecule has 18 heavy (non-hydrogen) atoms. The van der Waals surface area contributed by atoms with Gasteiger partial charge in [-0.2, -0.15) is 0 Å². The minimum absolute atomic E-state index is 0.261. The Bertz CT molecular complexity index is 414. The van der Waals surface area contributed by atoms with E-state index < -0.39 is 17.2 Å². The van der Waals surface area contributed by atoms with Crippen molar-refractivity contribution in [1.29, 1.82) is 0 Å². The predicted octanol–water partition coefficient (Wildman–Crippen LogP) is 2.35. The molecule has 0 saturated carbocycles. The normalized spacial score (nSPS) is 20.0. The summed E-state index contributed by atoms with van der Waals surface area (Å²) in [5.74, 6) is -1.15. The van der Waals surface area contributed by atoms with Crippen LogP contribution in [0.1, 0.15) is 25.3 Å². The third-order valence-electron chi connectivity index (χ3n) is 3.77. The summed E-state index contributed by atoms with van der Waals surface area (Å²) in [5.41, 5.74) is -0.464. The third-order valence-corrected chi connectivity index (χ3v) is 3.77. The number of aliphatic hydroxyl groups is 1. The summed E-state index contributed by atoms with van der Waals surface area (Å²) in [6, 6.07) is 3.54. The first kappa shape index (κ1) is 13.4. The minimum atomic E-state index is -0.857. The molecule has 0 aliphatic carbocycles. The van der Waals surface area contributed by atoms with Gasteiger partial charge >= 0.3 is 0 Å². The lowest BCUT2D eigenvalue weighted by atomic mass is 9.85. The zero-order chi connectivity index (χ0) is 13.2. The molecule has 0 spiro atoms. The van der Waals surface area contributed by atoms with Crippen LogP contribution in [0.3, 0.4) is 0 Å². The van der Waals surface area contributed by atoms with Crippen molar-refractivity contribution in [2.75, 3.05) is 19.6 Å². The maximum atomic E-state index is 13.6. The van der Waals surface area contributed by atoms with Crippen LogP contribution in [0.2, 0.25) is 0 Å². The van der Waals surface area contributed by atoms with Crippen LogP contribution in [0.4, 0.5) is 8.78 Å². The van der Waals surface area contributed by atoms with Crippen LogP contribution in [0.5, 0.6) is 0 Å². The van der Waals surface area contributed by atoms with Gasteiger partial charge in [-0.3, -0.25) is 0 Å². The van der Waals surface area contributed by atoms with Crippen LogP contribution in [0.15, 0.2) is 18.2 Å². The quantitative estimate of drug-likeness (QED) is 0.896.